The van der Waals surface area contributed by atoms with Crippen LogP contribution >= 0.6 is 0 Å². The molecule has 0 unspecified atom stereocenters. The van der Waals surface area contributed by atoms with Gasteiger partial charge < -0.3 is 4.42 Å². The molecule has 1 nitrogen and oxygen atoms in total. The maximum absolute atomic E-state index is 9.56. The highest BCUT2D eigenvalue weighted by molar-refractivity contribution is 6.22. The van der Waals surface area contributed by atoms with E-state index in [9.17, 15) is 2.74 Å². The Kier molecular flexibility index (Phi) is 3.87. The van der Waals surface area contributed by atoms with E-state index >= 15 is 0 Å². The molecule has 0 radical (unpaired) electrons. The van der Waals surface area contributed by atoms with Crippen molar-refractivity contribution >= 4 is 54.3 Å². The maximum Gasteiger partial charge on any atom is 0.136 e. The van der Waals surface area contributed by atoms with Crippen LogP contribution in [0.3, 0.4) is 0 Å². The lowest BCUT2D eigenvalue weighted by Crippen LogP contribution is -1.91. The minimum atomic E-state index is -0.637. The molecule has 10 rings (SSSR count). The Morgan fingerprint density at radius 2 is 0.898 bits per heavy atom. The molecule has 0 N–H and O–H groups in total. The van der Waals surface area contributed by atoms with E-state index in [2.05, 4.69) is 0 Å². The fraction of sp³-hybridized carbons (Fsp3) is 0. The molecule has 0 atom stereocenters. The van der Waals surface area contributed by atoms with Crippen molar-refractivity contribution in [2.75, 3.05) is 0 Å². The molecule has 0 aliphatic rings. The van der Waals surface area contributed by atoms with Gasteiger partial charge in [0.25, 0.3) is 0 Å². The topological polar surface area (TPSA) is 13.1 Å². The van der Waals surface area contributed by atoms with Gasteiger partial charge in [-0.15, -0.1) is 0 Å². The lowest BCUT2D eigenvalue weighted by atomic mass is 9.85. The maximum atomic E-state index is 9.56. The van der Waals surface area contributed by atoms with E-state index in [1.54, 1.807) is 6.07 Å². The summed E-state index contributed by atoms with van der Waals surface area (Å²) in [5, 5.41) is 5.93. The van der Waals surface area contributed by atoms with Gasteiger partial charge in [0, 0.05) is 10.8 Å². The van der Waals surface area contributed by atoms with Gasteiger partial charge in [-0.1, -0.05) is 145 Å². The highest BCUT2D eigenvalue weighted by Gasteiger charge is 2.18. The minimum absolute atomic E-state index is 0.0112. The van der Waals surface area contributed by atoms with Gasteiger partial charge in [-0.25, -0.2) is 0 Å². The van der Waals surface area contributed by atoms with Crippen molar-refractivity contribution < 1.29 is 23.6 Å². The molecule has 1 heteroatoms. The van der Waals surface area contributed by atoms with Crippen molar-refractivity contribution in [3.63, 3.8) is 0 Å². The van der Waals surface area contributed by atoms with E-state index in [1.807, 2.05) is 91.0 Å². The van der Waals surface area contributed by atoms with Crippen molar-refractivity contribution in [1.29, 1.82) is 0 Å². The monoisotopic (exact) mass is 636 g/mol. The fourth-order valence-electron chi connectivity index (χ4n) is 6.90. The van der Waals surface area contributed by atoms with Gasteiger partial charge in [0.1, 0.15) is 11.2 Å². The summed E-state index contributed by atoms with van der Waals surface area (Å²) in [6.07, 6.45) is 0. The van der Waals surface area contributed by atoms with Gasteiger partial charge in [0.05, 0.1) is 19.2 Å². The fourth-order valence-corrected chi connectivity index (χ4v) is 6.90. The standard InChI is InChI=1S/C48H30O/c1-3-12-31(13-4-1)33-16-11-17-36(26-33)47-39-18-7-9-20-41(39)48(42-21-10-8-19-40(42)47)37-24-25-45-43(28-37)44-29-38-27-34(32-14-5-2-6-15-32)22-23-35(38)30-46(44)49-45/h1-30H/i1D,2D,3D,4D,5D,6D,11D,12D,13D,14D,15D,16D,17D,26D. The van der Waals surface area contributed by atoms with Crippen molar-refractivity contribution in [3.05, 3.63) is 182 Å². The normalized spacial score (nSPS) is 15.7. The first-order valence-electron chi connectivity index (χ1n) is 22.7. The molecular weight excluding hydrogens is 593 g/mol. The predicted octanol–water partition coefficient (Wildman–Crippen LogP) is 13.7. The Morgan fingerprint density at radius 3 is 1.57 bits per heavy atom. The van der Waals surface area contributed by atoms with Crippen LogP contribution in [0, 0.1) is 0 Å². The summed E-state index contributed by atoms with van der Waals surface area (Å²) in [5.41, 5.74) is 3.19. The second-order valence-electron chi connectivity index (χ2n) is 11.8. The third-order valence-electron chi connectivity index (χ3n) is 9.06. The second kappa shape index (κ2) is 11.1. The third kappa shape index (κ3) is 4.55. The molecule has 0 fully saturated rings. The third-order valence-corrected chi connectivity index (χ3v) is 9.06. The molecule has 1 heterocycles. The zero-order valence-electron chi connectivity index (χ0n) is 39.6. The Balaban J connectivity index is 1.22. The largest absolute Gasteiger partial charge is 0.456 e. The van der Waals surface area contributed by atoms with Crippen LogP contribution in [0.1, 0.15) is 19.2 Å². The van der Waals surface area contributed by atoms with E-state index in [4.69, 9.17) is 20.9 Å². The van der Waals surface area contributed by atoms with Crippen LogP contribution in [0.2, 0.25) is 0 Å². The molecule has 0 bridgehead atoms. The predicted molar refractivity (Wildman–Crippen MR) is 208 cm³/mol. The molecule has 0 spiro atoms. The quantitative estimate of drug-likeness (QED) is 0.175. The van der Waals surface area contributed by atoms with Crippen LogP contribution in [0.5, 0.6) is 0 Å². The number of hydrogen-bond acceptors (Lipinski definition) is 1. The van der Waals surface area contributed by atoms with Crippen molar-refractivity contribution in [3.8, 4) is 44.5 Å². The van der Waals surface area contributed by atoms with E-state index < -0.39 is 72.5 Å². The summed E-state index contributed by atoms with van der Waals surface area (Å²) in [6.45, 7) is 0. The first-order chi connectivity index (χ1) is 30.1. The van der Waals surface area contributed by atoms with Crippen LogP contribution in [-0.4, -0.2) is 0 Å². The first kappa shape index (κ1) is 17.1. The van der Waals surface area contributed by atoms with Gasteiger partial charge >= 0.3 is 0 Å². The molecule has 0 aliphatic heterocycles. The van der Waals surface area contributed by atoms with E-state index in [0.717, 1.165) is 43.4 Å². The van der Waals surface area contributed by atoms with Crippen molar-refractivity contribution in [2.45, 2.75) is 0 Å². The summed E-state index contributed by atoms with van der Waals surface area (Å²) < 4.78 is 127. The van der Waals surface area contributed by atoms with Crippen LogP contribution in [0.25, 0.3) is 98.8 Å². The average Bonchev–Trinajstić information content (AvgIpc) is 3.64. The number of hydrogen-bond donors (Lipinski definition) is 0. The Morgan fingerprint density at radius 1 is 0.347 bits per heavy atom. The number of furan rings is 1. The first-order valence-corrected chi connectivity index (χ1v) is 15.7. The van der Waals surface area contributed by atoms with Crippen LogP contribution in [0.4, 0.5) is 0 Å². The van der Waals surface area contributed by atoms with Crippen LogP contribution in [0.15, 0.2) is 186 Å². The highest BCUT2D eigenvalue weighted by Crippen LogP contribution is 2.45. The zero-order chi connectivity index (χ0) is 44.5. The zero-order valence-corrected chi connectivity index (χ0v) is 25.6. The smallest absolute Gasteiger partial charge is 0.136 e. The van der Waals surface area contributed by atoms with Gasteiger partial charge in [-0.05, 0) is 113 Å². The number of benzene rings is 9. The Labute approximate surface area is 304 Å². The van der Waals surface area contributed by atoms with E-state index in [1.165, 1.54) is 0 Å². The molecular formula is C48H30O. The average molecular weight is 637 g/mol. The van der Waals surface area contributed by atoms with Crippen molar-refractivity contribution in [2.24, 2.45) is 0 Å². The van der Waals surface area contributed by atoms with Crippen molar-refractivity contribution in [1.82, 2.24) is 0 Å². The van der Waals surface area contributed by atoms with Gasteiger partial charge in [-0.3, -0.25) is 0 Å². The molecule has 9 aromatic carbocycles. The molecule has 228 valence electrons. The molecule has 0 saturated carbocycles. The molecule has 0 amide bonds. The van der Waals surface area contributed by atoms with Gasteiger partial charge in [0.15, 0.2) is 0 Å². The summed E-state index contributed by atoms with van der Waals surface area (Å²) >= 11 is 0. The summed E-state index contributed by atoms with van der Waals surface area (Å²) in [7, 11) is 0. The SMILES string of the molecule is [2H]c1c([2H])c([2H])c(-c2ccc3cc4oc5ccc(-c6c7ccccc7c(-c7c([2H])c([2H])c([2H])c(-c8c([2H])c([2H])c([2H])c([2H])c8[2H])c7[2H])c7ccccc67)cc5c4cc3c2)c([2H])c1[2H]. The molecule has 10 aromatic rings. The lowest BCUT2D eigenvalue weighted by molar-refractivity contribution is 0.669. The molecule has 49 heavy (non-hydrogen) atoms. The summed E-state index contributed by atoms with van der Waals surface area (Å²) in [6, 6.07) is 23.2. The minimum Gasteiger partial charge on any atom is -0.456 e. The lowest BCUT2D eigenvalue weighted by Gasteiger charge is -2.18. The van der Waals surface area contributed by atoms with Crippen LogP contribution in [-0.2, 0) is 0 Å². The van der Waals surface area contributed by atoms with E-state index in [-0.39, 0.29) is 34.3 Å². The summed E-state index contributed by atoms with van der Waals surface area (Å²) in [4.78, 5) is 0. The molecule has 1 aromatic heterocycles. The molecule has 0 saturated heterocycles. The highest BCUT2D eigenvalue weighted by atomic mass is 16.3. The molecule has 0 aliphatic carbocycles. The Hall–Kier alpha value is -6.44. The van der Waals surface area contributed by atoms with Gasteiger partial charge in [-0.2, -0.15) is 0 Å². The van der Waals surface area contributed by atoms with Gasteiger partial charge in [0.2, 0.25) is 0 Å². The number of rotatable bonds is 4. The second-order valence-corrected chi connectivity index (χ2v) is 11.8. The summed E-state index contributed by atoms with van der Waals surface area (Å²) in [5.74, 6) is 0. The van der Waals surface area contributed by atoms with E-state index in [0.29, 0.717) is 33.1 Å². The van der Waals surface area contributed by atoms with Crippen LogP contribution < -0.4 is 0 Å². The number of fused-ring (bicyclic) bond motifs is 6. The Bertz CT molecular complexity index is 3570.